The van der Waals surface area contributed by atoms with E-state index in [1.807, 2.05) is 43.5 Å². The van der Waals surface area contributed by atoms with Crippen molar-refractivity contribution in [2.24, 2.45) is 0 Å². The molecule has 1 aromatic carbocycles. The molecule has 0 aliphatic carbocycles. The van der Waals surface area contributed by atoms with Gasteiger partial charge in [0.25, 0.3) is 0 Å². The fourth-order valence-corrected chi connectivity index (χ4v) is 3.43. The molecule has 1 aliphatic heterocycles. The zero-order valence-corrected chi connectivity index (χ0v) is 15.7. The molecule has 3 rings (SSSR count). The number of rotatable bonds is 7. The molecule has 2 heterocycles. The molecule has 0 unspecified atom stereocenters. The number of amides is 2. The largest absolute Gasteiger partial charge is 0.350 e. The number of aromatic nitrogens is 2. The smallest absolute Gasteiger partial charge is 0.248 e. The van der Waals surface area contributed by atoms with Crippen LogP contribution in [-0.2, 0) is 21.7 Å². The topological polar surface area (TPSA) is 88.1 Å². The maximum absolute atomic E-state index is 13.0. The van der Waals surface area contributed by atoms with E-state index in [9.17, 15) is 9.59 Å². The fourth-order valence-electron chi connectivity index (χ4n) is 3.43. The number of carbonyl (C=O) groups is 2. The maximum Gasteiger partial charge on any atom is 0.248 e. The lowest BCUT2D eigenvalue weighted by Gasteiger charge is -2.36. The SMILES string of the molecule is CCCC(=O)Nc1ccc(CNC(=O)C2(n3cccn3)CCNCC2)cc1. The predicted octanol–water partition coefficient (Wildman–Crippen LogP) is 2.02. The molecule has 0 bridgehead atoms. The first-order valence-electron chi connectivity index (χ1n) is 9.52. The van der Waals surface area contributed by atoms with Crippen LogP contribution in [0.5, 0.6) is 0 Å². The second kappa shape index (κ2) is 8.81. The number of anilines is 1. The van der Waals surface area contributed by atoms with Crippen molar-refractivity contribution in [3.8, 4) is 0 Å². The summed E-state index contributed by atoms with van der Waals surface area (Å²) in [5.74, 6) is 0.0126. The van der Waals surface area contributed by atoms with Gasteiger partial charge >= 0.3 is 0 Å². The van der Waals surface area contributed by atoms with E-state index in [2.05, 4.69) is 21.0 Å². The van der Waals surface area contributed by atoms with E-state index in [4.69, 9.17) is 0 Å². The third kappa shape index (κ3) is 4.54. The van der Waals surface area contributed by atoms with Crippen molar-refractivity contribution in [1.29, 1.82) is 0 Å². The number of nitrogens with one attached hydrogen (secondary N) is 3. The first kappa shape index (κ1) is 19.1. The summed E-state index contributed by atoms with van der Waals surface area (Å²) in [5, 5.41) is 13.6. The molecule has 3 N–H and O–H groups in total. The third-order valence-corrected chi connectivity index (χ3v) is 4.96. The summed E-state index contributed by atoms with van der Waals surface area (Å²) in [6.45, 7) is 4.00. The lowest BCUT2D eigenvalue weighted by molar-refractivity contribution is -0.132. The van der Waals surface area contributed by atoms with Crippen molar-refractivity contribution in [2.75, 3.05) is 18.4 Å². The van der Waals surface area contributed by atoms with Crippen LogP contribution in [0.3, 0.4) is 0 Å². The number of nitrogens with zero attached hydrogens (tertiary/aromatic N) is 2. The second-order valence-corrected chi connectivity index (χ2v) is 6.91. The zero-order chi connectivity index (χ0) is 19.1. The van der Waals surface area contributed by atoms with Gasteiger partial charge in [0.1, 0.15) is 5.54 Å². The summed E-state index contributed by atoms with van der Waals surface area (Å²) in [7, 11) is 0. The first-order valence-corrected chi connectivity index (χ1v) is 9.52. The van der Waals surface area contributed by atoms with E-state index >= 15 is 0 Å². The van der Waals surface area contributed by atoms with Crippen LogP contribution in [0.4, 0.5) is 5.69 Å². The molecular weight excluding hydrogens is 342 g/mol. The molecule has 2 amide bonds. The number of benzene rings is 1. The predicted molar refractivity (Wildman–Crippen MR) is 104 cm³/mol. The van der Waals surface area contributed by atoms with Gasteiger partial charge in [-0.15, -0.1) is 0 Å². The van der Waals surface area contributed by atoms with Gasteiger partial charge in [-0.2, -0.15) is 5.10 Å². The highest BCUT2D eigenvalue weighted by molar-refractivity contribution is 5.90. The van der Waals surface area contributed by atoms with E-state index < -0.39 is 5.54 Å². The van der Waals surface area contributed by atoms with E-state index in [0.29, 0.717) is 25.8 Å². The molecule has 7 heteroatoms. The van der Waals surface area contributed by atoms with Crippen molar-refractivity contribution >= 4 is 17.5 Å². The Labute approximate surface area is 159 Å². The van der Waals surface area contributed by atoms with Crippen LogP contribution in [-0.4, -0.2) is 34.7 Å². The highest BCUT2D eigenvalue weighted by Gasteiger charge is 2.41. The molecule has 144 valence electrons. The minimum absolute atomic E-state index is 0.00646. The summed E-state index contributed by atoms with van der Waals surface area (Å²) in [6.07, 6.45) is 6.33. The molecule has 1 aliphatic rings. The van der Waals surface area contributed by atoms with Crippen molar-refractivity contribution in [3.05, 3.63) is 48.3 Å². The van der Waals surface area contributed by atoms with E-state index in [0.717, 1.165) is 30.8 Å². The van der Waals surface area contributed by atoms with Crippen molar-refractivity contribution < 1.29 is 9.59 Å². The number of piperidine rings is 1. The van der Waals surface area contributed by atoms with Crippen LogP contribution in [0, 0.1) is 0 Å². The molecule has 1 saturated heterocycles. The van der Waals surface area contributed by atoms with E-state index in [-0.39, 0.29) is 11.8 Å². The number of hydrogen-bond donors (Lipinski definition) is 3. The van der Waals surface area contributed by atoms with Crippen LogP contribution in [0.2, 0.25) is 0 Å². The van der Waals surface area contributed by atoms with Crippen LogP contribution in [0.25, 0.3) is 0 Å². The minimum atomic E-state index is -0.636. The van der Waals surface area contributed by atoms with Gasteiger partial charge < -0.3 is 16.0 Å². The molecule has 1 fully saturated rings. The Morgan fingerprint density at radius 1 is 1.22 bits per heavy atom. The number of carbonyl (C=O) groups excluding carboxylic acids is 2. The highest BCUT2D eigenvalue weighted by Crippen LogP contribution is 2.27. The van der Waals surface area contributed by atoms with E-state index in [1.54, 1.807) is 10.9 Å². The van der Waals surface area contributed by atoms with Gasteiger partial charge in [0.2, 0.25) is 11.8 Å². The van der Waals surface area contributed by atoms with Crippen molar-refractivity contribution in [2.45, 2.75) is 44.7 Å². The van der Waals surface area contributed by atoms with Gasteiger partial charge in [-0.05, 0) is 56.1 Å². The highest BCUT2D eigenvalue weighted by atomic mass is 16.2. The van der Waals surface area contributed by atoms with Crippen LogP contribution in [0.1, 0.15) is 38.2 Å². The first-order chi connectivity index (χ1) is 13.1. The number of hydrogen-bond acceptors (Lipinski definition) is 4. The monoisotopic (exact) mass is 369 g/mol. The molecule has 0 atom stereocenters. The summed E-state index contributed by atoms with van der Waals surface area (Å²) in [5.41, 5.74) is 1.12. The minimum Gasteiger partial charge on any atom is -0.350 e. The van der Waals surface area contributed by atoms with Gasteiger partial charge in [-0.25, -0.2) is 0 Å². The molecule has 0 radical (unpaired) electrons. The zero-order valence-electron chi connectivity index (χ0n) is 15.7. The molecule has 1 aromatic heterocycles. The Balaban J connectivity index is 1.61. The summed E-state index contributed by atoms with van der Waals surface area (Å²) >= 11 is 0. The van der Waals surface area contributed by atoms with Crippen LogP contribution < -0.4 is 16.0 Å². The Kier molecular flexibility index (Phi) is 6.24. The van der Waals surface area contributed by atoms with Gasteiger partial charge in [-0.3, -0.25) is 14.3 Å². The van der Waals surface area contributed by atoms with Crippen molar-refractivity contribution in [1.82, 2.24) is 20.4 Å². The molecule has 0 spiro atoms. The Morgan fingerprint density at radius 3 is 2.59 bits per heavy atom. The molecule has 27 heavy (non-hydrogen) atoms. The van der Waals surface area contributed by atoms with Crippen molar-refractivity contribution in [3.63, 3.8) is 0 Å². The summed E-state index contributed by atoms with van der Waals surface area (Å²) < 4.78 is 1.79. The third-order valence-electron chi connectivity index (χ3n) is 4.96. The average molecular weight is 369 g/mol. The normalized spacial score (nSPS) is 15.9. The van der Waals surface area contributed by atoms with Gasteiger partial charge in [0.15, 0.2) is 0 Å². The average Bonchev–Trinajstić information content (AvgIpc) is 3.23. The Bertz CT molecular complexity index is 749. The van der Waals surface area contributed by atoms with Crippen LogP contribution >= 0.6 is 0 Å². The van der Waals surface area contributed by atoms with Gasteiger partial charge in [-0.1, -0.05) is 19.1 Å². The van der Waals surface area contributed by atoms with Gasteiger partial charge in [0.05, 0.1) is 0 Å². The standard InChI is InChI=1S/C20H27N5O2/c1-2-4-18(26)24-17-7-5-16(6-8-17)15-22-19(27)20(9-12-21-13-10-20)25-14-3-11-23-25/h3,5-8,11,14,21H,2,4,9-10,12-13,15H2,1H3,(H,22,27)(H,24,26). The lowest BCUT2D eigenvalue weighted by Crippen LogP contribution is -2.54. The summed E-state index contributed by atoms with van der Waals surface area (Å²) in [4.78, 5) is 24.7. The van der Waals surface area contributed by atoms with E-state index in [1.165, 1.54) is 0 Å². The molecule has 0 saturated carbocycles. The van der Waals surface area contributed by atoms with Crippen LogP contribution in [0.15, 0.2) is 42.7 Å². The molecule has 7 nitrogen and oxygen atoms in total. The Hall–Kier alpha value is -2.67. The fraction of sp³-hybridized carbons (Fsp3) is 0.450. The molecule has 2 aromatic rings. The Morgan fingerprint density at radius 2 is 1.96 bits per heavy atom. The quantitative estimate of drug-likeness (QED) is 0.697. The van der Waals surface area contributed by atoms with Gasteiger partial charge in [0, 0.05) is 31.0 Å². The lowest BCUT2D eigenvalue weighted by atomic mass is 9.87. The molecular formula is C20H27N5O2. The summed E-state index contributed by atoms with van der Waals surface area (Å²) in [6, 6.07) is 9.42. The second-order valence-electron chi connectivity index (χ2n) is 6.91. The maximum atomic E-state index is 13.0.